The summed E-state index contributed by atoms with van der Waals surface area (Å²) in [7, 11) is 0. The maximum Gasteiger partial charge on any atom is 0.573 e. The summed E-state index contributed by atoms with van der Waals surface area (Å²) in [6.07, 6.45) is -5.92. The van der Waals surface area contributed by atoms with Gasteiger partial charge in [0.25, 0.3) is 11.5 Å². The van der Waals surface area contributed by atoms with E-state index < -0.39 is 41.1 Å². The monoisotopic (exact) mass is 493 g/mol. The molecule has 1 amide bonds. The third-order valence-electron chi connectivity index (χ3n) is 4.94. The maximum absolute atomic E-state index is 14.3. The first-order chi connectivity index (χ1) is 16.4. The van der Waals surface area contributed by atoms with E-state index in [4.69, 9.17) is 0 Å². The minimum Gasteiger partial charge on any atom is -0.406 e. The van der Waals surface area contributed by atoms with Crippen LogP contribution in [-0.2, 0) is 6.54 Å². The quantitative estimate of drug-likeness (QED) is 0.466. The smallest absolute Gasteiger partial charge is 0.406 e. The molecule has 0 saturated heterocycles. The number of aliphatic hydroxyl groups excluding tert-OH is 1. The first kappa shape index (κ1) is 25.9. The van der Waals surface area contributed by atoms with Crippen LogP contribution in [0, 0.1) is 5.82 Å². The van der Waals surface area contributed by atoms with Crippen LogP contribution in [0.15, 0.2) is 53.3 Å². The third-order valence-corrected chi connectivity index (χ3v) is 4.94. The summed E-state index contributed by atoms with van der Waals surface area (Å²) < 4.78 is 56.8. The predicted molar refractivity (Wildman–Crippen MR) is 121 cm³/mol. The van der Waals surface area contributed by atoms with Crippen molar-refractivity contribution in [3.63, 3.8) is 0 Å². The van der Waals surface area contributed by atoms with E-state index in [-0.39, 0.29) is 23.8 Å². The molecule has 3 rings (SSSR count). The Hall–Kier alpha value is -3.73. The second-order valence-electron chi connectivity index (χ2n) is 8.16. The molecule has 0 unspecified atom stereocenters. The predicted octanol–water partition coefficient (Wildman–Crippen LogP) is 4.70. The van der Waals surface area contributed by atoms with Crippen molar-refractivity contribution in [3.05, 3.63) is 75.8 Å². The van der Waals surface area contributed by atoms with Gasteiger partial charge in [-0.05, 0) is 36.6 Å². The van der Waals surface area contributed by atoms with Crippen LogP contribution in [0.5, 0.6) is 5.75 Å². The van der Waals surface area contributed by atoms with Crippen LogP contribution >= 0.6 is 0 Å². The third kappa shape index (κ3) is 6.44. The Balaban J connectivity index is 2.10. The number of anilines is 1. The second-order valence-corrected chi connectivity index (χ2v) is 8.16. The molecule has 2 aromatic carbocycles. The van der Waals surface area contributed by atoms with Crippen LogP contribution in [0.2, 0.25) is 0 Å². The van der Waals surface area contributed by atoms with E-state index in [1.165, 1.54) is 6.92 Å². The van der Waals surface area contributed by atoms with Crippen molar-refractivity contribution in [2.24, 2.45) is 0 Å². The molecule has 7 nitrogen and oxygen atoms in total. The number of hydrogen-bond acceptors (Lipinski definition) is 5. The van der Waals surface area contributed by atoms with Crippen molar-refractivity contribution in [2.45, 2.75) is 45.7 Å². The number of alkyl halides is 3. The van der Waals surface area contributed by atoms with E-state index in [0.717, 1.165) is 22.4 Å². The molecule has 1 heterocycles. The Morgan fingerprint density at radius 3 is 2.46 bits per heavy atom. The number of aliphatic hydroxyl groups is 1. The maximum atomic E-state index is 14.3. The average molecular weight is 493 g/mol. The summed E-state index contributed by atoms with van der Waals surface area (Å²) in [4.78, 5) is 25.5. The van der Waals surface area contributed by atoms with Crippen molar-refractivity contribution in [2.75, 3.05) is 5.32 Å². The Bertz CT molecular complexity index is 1290. The molecule has 0 aliphatic carbocycles. The summed E-state index contributed by atoms with van der Waals surface area (Å²) in [6, 6.07) is 10.2. The Morgan fingerprint density at radius 2 is 1.83 bits per heavy atom. The molecule has 0 spiro atoms. The second kappa shape index (κ2) is 10.3. The number of ether oxygens (including phenoxy) is 1. The van der Waals surface area contributed by atoms with Gasteiger partial charge in [0.2, 0.25) is 0 Å². The molecule has 0 aliphatic rings. The van der Waals surface area contributed by atoms with Gasteiger partial charge in [0.05, 0.1) is 23.9 Å². The molecule has 35 heavy (non-hydrogen) atoms. The normalized spacial score (nSPS) is 12.5. The number of aromatic nitrogens is 2. The summed E-state index contributed by atoms with van der Waals surface area (Å²) in [5.74, 6) is -2.94. The lowest BCUT2D eigenvalue weighted by Crippen LogP contribution is -2.29. The van der Waals surface area contributed by atoms with Crippen molar-refractivity contribution in [1.29, 1.82) is 0 Å². The summed E-state index contributed by atoms with van der Waals surface area (Å²) >= 11 is 0. The van der Waals surface area contributed by atoms with Gasteiger partial charge in [-0.1, -0.05) is 38.1 Å². The highest BCUT2D eigenvalue weighted by Crippen LogP contribution is 2.32. The topological polar surface area (TPSA) is 93.5 Å². The molecule has 3 aromatic rings. The first-order valence-electron chi connectivity index (χ1n) is 10.6. The molecule has 0 bridgehead atoms. The molecule has 2 N–H and O–H groups in total. The number of amides is 1. The van der Waals surface area contributed by atoms with Crippen LogP contribution in [0.25, 0.3) is 11.3 Å². The van der Waals surface area contributed by atoms with E-state index in [2.05, 4.69) is 15.2 Å². The molecule has 0 radical (unpaired) electrons. The first-order valence-corrected chi connectivity index (χ1v) is 10.6. The lowest BCUT2D eigenvalue weighted by atomic mass is 9.94. The number of rotatable bonds is 7. The number of halogens is 4. The minimum absolute atomic E-state index is 0.0299. The Morgan fingerprint density at radius 1 is 1.14 bits per heavy atom. The fourth-order valence-corrected chi connectivity index (χ4v) is 3.45. The number of carbonyl (C=O) groups excluding carboxylic acids is 1. The number of carbonyl (C=O) groups is 1. The highest BCUT2D eigenvalue weighted by Gasteiger charge is 2.31. The molecular formula is C24H23F4N3O4. The molecule has 11 heteroatoms. The zero-order valence-corrected chi connectivity index (χ0v) is 19.1. The summed E-state index contributed by atoms with van der Waals surface area (Å²) in [6.45, 7) is 5.23. The van der Waals surface area contributed by atoms with Crippen LogP contribution in [0.4, 0.5) is 23.2 Å². The summed E-state index contributed by atoms with van der Waals surface area (Å²) in [5, 5.41) is 16.4. The van der Waals surface area contributed by atoms with E-state index in [1.807, 2.05) is 26.0 Å². The number of nitrogens with one attached hydrogen (secondary N) is 1. The van der Waals surface area contributed by atoms with Crippen LogP contribution in [0.1, 0.15) is 42.6 Å². The summed E-state index contributed by atoms with van der Waals surface area (Å²) in [5.41, 5.74) is 0.142. The largest absolute Gasteiger partial charge is 0.573 e. The standard InChI is InChI=1S/C24H23F4N3O4/c1-13(2)16-6-4-5-7-17(16)22-20(11-21(33)31(30-22)12-14(3)32)29-23(34)18-10-15(8-9-19(18)25)35-24(26,27)28/h4-11,13-14,32H,12H2,1-3H3,(H,29,34)/t14-/m1/s1. The van der Waals surface area contributed by atoms with Crippen LogP contribution in [0.3, 0.4) is 0 Å². The number of hydrogen-bond donors (Lipinski definition) is 2. The fourth-order valence-electron chi connectivity index (χ4n) is 3.45. The van der Waals surface area contributed by atoms with Gasteiger partial charge in [0, 0.05) is 11.6 Å². The van der Waals surface area contributed by atoms with Crippen molar-refractivity contribution >= 4 is 11.6 Å². The van der Waals surface area contributed by atoms with Crippen molar-refractivity contribution in [1.82, 2.24) is 9.78 Å². The van der Waals surface area contributed by atoms with Gasteiger partial charge >= 0.3 is 6.36 Å². The van der Waals surface area contributed by atoms with Crippen LogP contribution in [-0.4, -0.2) is 33.3 Å². The van der Waals surface area contributed by atoms with Gasteiger partial charge in [-0.25, -0.2) is 9.07 Å². The van der Waals surface area contributed by atoms with Gasteiger partial charge in [-0.15, -0.1) is 13.2 Å². The molecule has 0 saturated carbocycles. The van der Waals surface area contributed by atoms with Crippen molar-refractivity contribution < 1.29 is 32.2 Å². The molecule has 1 aromatic heterocycles. The molecule has 0 aliphatic heterocycles. The molecule has 1 atom stereocenters. The Kier molecular flexibility index (Phi) is 7.59. The van der Waals surface area contributed by atoms with Gasteiger partial charge in [-0.2, -0.15) is 5.10 Å². The van der Waals surface area contributed by atoms with Gasteiger partial charge in [0.15, 0.2) is 0 Å². The van der Waals surface area contributed by atoms with E-state index >= 15 is 0 Å². The zero-order chi connectivity index (χ0) is 25.9. The highest BCUT2D eigenvalue weighted by molar-refractivity contribution is 6.06. The van der Waals surface area contributed by atoms with Gasteiger partial charge < -0.3 is 15.2 Å². The van der Waals surface area contributed by atoms with Gasteiger partial charge in [0.1, 0.15) is 17.3 Å². The lowest BCUT2D eigenvalue weighted by Gasteiger charge is -2.18. The average Bonchev–Trinajstić information content (AvgIpc) is 2.75. The van der Waals surface area contributed by atoms with E-state index in [9.17, 15) is 32.3 Å². The Labute approximate surface area is 198 Å². The SMILES string of the molecule is CC(C)c1ccccc1-c1nn(C[C@@H](C)O)c(=O)cc1NC(=O)c1cc(OC(F)(F)F)ccc1F. The van der Waals surface area contributed by atoms with Gasteiger partial charge in [-0.3, -0.25) is 9.59 Å². The number of nitrogens with zero attached hydrogens (tertiary/aromatic N) is 2. The number of benzene rings is 2. The van der Waals surface area contributed by atoms with Crippen LogP contribution < -0.4 is 15.6 Å². The zero-order valence-electron chi connectivity index (χ0n) is 19.1. The lowest BCUT2D eigenvalue weighted by molar-refractivity contribution is -0.274. The highest BCUT2D eigenvalue weighted by atomic mass is 19.4. The molecular weight excluding hydrogens is 470 g/mol. The fraction of sp³-hybridized carbons (Fsp3) is 0.292. The minimum atomic E-state index is -5.03. The van der Waals surface area contributed by atoms with Crippen molar-refractivity contribution in [3.8, 4) is 17.0 Å². The van der Waals surface area contributed by atoms with E-state index in [1.54, 1.807) is 12.1 Å². The molecule has 0 fully saturated rings. The van der Waals surface area contributed by atoms with E-state index in [0.29, 0.717) is 17.7 Å². The molecule has 186 valence electrons.